The van der Waals surface area contributed by atoms with Gasteiger partial charge in [0.1, 0.15) is 12.4 Å². The fourth-order valence-electron chi connectivity index (χ4n) is 2.86. The predicted octanol–water partition coefficient (Wildman–Crippen LogP) is -0.0215. The molecule has 2 N–H and O–H groups in total. The van der Waals surface area contributed by atoms with Crippen LogP contribution in [0.15, 0.2) is 12.4 Å². The van der Waals surface area contributed by atoms with Crippen LogP contribution in [-0.2, 0) is 6.54 Å². The molecule has 21 heavy (non-hydrogen) atoms. The second kappa shape index (κ2) is 6.08. The molecule has 0 bridgehead atoms. The van der Waals surface area contributed by atoms with E-state index in [0.29, 0.717) is 12.6 Å². The maximum absolute atomic E-state index is 10.6. The summed E-state index contributed by atoms with van der Waals surface area (Å²) < 4.78 is 1.41. The average molecular weight is 295 g/mol. The van der Waals surface area contributed by atoms with E-state index < -0.39 is 11.0 Å². The minimum Gasteiger partial charge on any atom is -0.390 e. The fourth-order valence-corrected chi connectivity index (χ4v) is 2.86. The topological polar surface area (TPSA) is 96.5 Å². The molecule has 0 amide bonds. The van der Waals surface area contributed by atoms with E-state index in [-0.39, 0.29) is 12.2 Å². The molecule has 2 fully saturated rings. The molecule has 0 aromatic carbocycles. The molecule has 1 aromatic rings. The highest BCUT2D eigenvalue weighted by atomic mass is 16.6. The van der Waals surface area contributed by atoms with Crippen molar-refractivity contribution in [2.45, 2.75) is 44.0 Å². The summed E-state index contributed by atoms with van der Waals surface area (Å²) in [7, 11) is 0. The van der Waals surface area contributed by atoms with Gasteiger partial charge in [-0.05, 0) is 19.3 Å². The summed E-state index contributed by atoms with van der Waals surface area (Å²) in [6.07, 6.45) is 5.72. The van der Waals surface area contributed by atoms with Crippen molar-refractivity contribution in [2.24, 2.45) is 0 Å². The summed E-state index contributed by atoms with van der Waals surface area (Å²) in [4.78, 5) is 12.6. The first kappa shape index (κ1) is 14.4. The summed E-state index contributed by atoms with van der Waals surface area (Å²) in [5, 5.41) is 27.8. The molecule has 2 atom stereocenters. The zero-order valence-electron chi connectivity index (χ0n) is 11.9. The van der Waals surface area contributed by atoms with Gasteiger partial charge in [-0.2, -0.15) is 5.10 Å². The molecule has 2 aliphatic rings. The Balaban J connectivity index is 1.39. The van der Waals surface area contributed by atoms with Crippen molar-refractivity contribution >= 4 is 5.69 Å². The summed E-state index contributed by atoms with van der Waals surface area (Å²) >= 11 is 0. The van der Waals surface area contributed by atoms with Gasteiger partial charge >= 0.3 is 5.69 Å². The minimum absolute atomic E-state index is 0.0500. The number of nitrogens with one attached hydrogen (secondary N) is 1. The Labute approximate surface area is 122 Å². The molecule has 2 heterocycles. The molecule has 2 unspecified atom stereocenters. The third-order valence-corrected chi connectivity index (χ3v) is 4.15. The molecule has 1 aromatic heterocycles. The minimum atomic E-state index is -0.598. The standard InChI is InChI=1S/C13H21N5O3/c19-13(9-17-8-12(5-15-17)18(20)21)6-14-10-3-4-16(7-10)11-1-2-11/h5,8,10-11,13-14,19H,1-4,6-7,9H2. The van der Waals surface area contributed by atoms with E-state index in [1.165, 1.54) is 29.9 Å². The number of hydrogen-bond donors (Lipinski definition) is 2. The van der Waals surface area contributed by atoms with Gasteiger partial charge in [0.15, 0.2) is 0 Å². The third-order valence-electron chi connectivity index (χ3n) is 4.15. The van der Waals surface area contributed by atoms with Crippen molar-refractivity contribution in [1.29, 1.82) is 0 Å². The van der Waals surface area contributed by atoms with Crippen molar-refractivity contribution in [2.75, 3.05) is 19.6 Å². The monoisotopic (exact) mass is 295 g/mol. The number of likely N-dealkylation sites (tertiary alicyclic amines) is 1. The molecule has 0 radical (unpaired) electrons. The Morgan fingerprint density at radius 1 is 1.52 bits per heavy atom. The number of rotatable bonds is 7. The maximum Gasteiger partial charge on any atom is 0.306 e. The molecule has 8 heteroatoms. The quantitative estimate of drug-likeness (QED) is 0.542. The zero-order valence-corrected chi connectivity index (χ0v) is 11.9. The van der Waals surface area contributed by atoms with E-state index in [2.05, 4.69) is 15.3 Å². The van der Waals surface area contributed by atoms with Gasteiger partial charge in [0.25, 0.3) is 0 Å². The van der Waals surface area contributed by atoms with E-state index in [0.717, 1.165) is 25.6 Å². The number of aliphatic hydroxyl groups is 1. The van der Waals surface area contributed by atoms with E-state index >= 15 is 0 Å². The van der Waals surface area contributed by atoms with Crippen molar-refractivity contribution in [1.82, 2.24) is 20.0 Å². The Kier molecular flexibility index (Phi) is 4.18. The second-order valence-corrected chi connectivity index (χ2v) is 5.95. The van der Waals surface area contributed by atoms with Gasteiger partial charge in [-0.15, -0.1) is 0 Å². The highest BCUT2D eigenvalue weighted by Gasteiger charge is 2.34. The van der Waals surface area contributed by atoms with Crippen LogP contribution in [0.5, 0.6) is 0 Å². The largest absolute Gasteiger partial charge is 0.390 e. The van der Waals surface area contributed by atoms with Crippen molar-refractivity contribution in [3.05, 3.63) is 22.5 Å². The Bertz CT molecular complexity index is 502. The van der Waals surface area contributed by atoms with Crippen LogP contribution in [0.2, 0.25) is 0 Å². The second-order valence-electron chi connectivity index (χ2n) is 5.95. The number of nitro groups is 1. The van der Waals surface area contributed by atoms with Gasteiger partial charge in [0.2, 0.25) is 0 Å². The number of aliphatic hydroxyl groups excluding tert-OH is 1. The van der Waals surface area contributed by atoms with Crippen LogP contribution < -0.4 is 5.32 Å². The highest BCUT2D eigenvalue weighted by molar-refractivity contribution is 5.20. The number of aromatic nitrogens is 2. The van der Waals surface area contributed by atoms with Crippen molar-refractivity contribution in [3.8, 4) is 0 Å². The lowest BCUT2D eigenvalue weighted by molar-refractivity contribution is -0.385. The molecule has 1 saturated carbocycles. The van der Waals surface area contributed by atoms with Crippen LogP contribution >= 0.6 is 0 Å². The normalized spacial score (nSPS) is 24.3. The van der Waals surface area contributed by atoms with E-state index in [4.69, 9.17) is 0 Å². The highest BCUT2D eigenvalue weighted by Crippen LogP contribution is 2.29. The van der Waals surface area contributed by atoms with Gasteiger partial charge in [-0.25, -0.2) is 0 Å². The fraction of sp³-hybridized carbons (Fsp3) is 0.769. The Hall–Kier alpha value is -1.51. The molecule has 116 valence electrons. The lowest BCUT2D eigenvalue weighted by Crippen LogP contribution is -2.39. The van der Waals surface area contributed by atoms with Crippen LogP contribution in [0.25, 0.3) is 0 Å². The van der Waals surface area contributed by atoms with E-state index in [1.807, 2.05) is 0 Å². The zero-order chi connectivity index (χ0) is 14.8. The predicted molar refractivity (Wildman–Crippen MR) is 75.9 cm³/mol. The smallest absolute Gasteiger partial charge is 0.306 e. The maximum atomic E-state index is 10.6. The van der Waals surface area contributed by atoms with Crippen LogP contribution in [0.4, 0.5) is 5.69 Å². The van der Waals surface area contributed by atoms with Crippen LogP contribution in [0.3, 0.4) is 0 Å². The molecular formula is C13H21N5O3. The lowest BCUT2D eigenvalue weighted by atomic mass is 10.2. The van der Waals surface area contributed by atoms with Crippen LogP contribution in [-0.4, -0.2) is 62.5 Å². The van der Waals surface area contributed by atoms with Gasteiger partial charge in [0.05, 0.1) is 17.6 Å². The van der Waals surface area contributed by atoms with Crippen molar-refractivity contribution in [3.63, 3.8) is 0 Å². The molecule has 1 saturated heterocycles. The summed E-state index contributed by atoms with van der Waals surface area (Å²) in [5.74, 6) is 0. The average Bonchev–Trinajstić information content (AvgIpc) is 3.00. The molecule has 3 rings (SSSR count). The molecule has 0 spiro atoms. The molecular weight excluding hydrogens is 274 g/mol. The lowest BCUT2D eigenvalue weighted by Gasteiger charge is -2.18. The first-order valence-electron chi connectivity index (χ1n) is 7.44. The summed E-state index contributed by atoms with van der Waals surface area (Å²) in [6.45, 7) is 2.95. The summed E-state index contributed by atoms with van der Waals surface area (Å²) in [5.41, 5.74) is -0.0500. The van der Waals surface area contributed by atoms with Gasteiger partial charge < -0.3 is 10.4 Å². The van der Waals surface area contributed by atoms with Crippen molar-refractivity contribution < 1.29 is 10.0 Å². The third kappa shape index (κ3) is 3.78. The molecule has 1 aliphatic carbocycles. The van der Waals surface area contributed by atoms with Gasteiger partial charge in [0, 0.05) is 31.7 Å². The Morgan fingerprint density at radius 3 is 3.00 bits per heavy atom. The summed E-state index contributed by atoms with van der Waals surface area (Å²) in [6, 6.07) is 1.23. The first-order valence-corrected chi connectivity index (χ1v) is 7.44. The van der Waals surface area contributed by atoms with Crippen LogP contribution in [0, 0.1) is 10.1 Å². The SMILES string of the molecule is O=[N+]([O-])c1cnn(CC(O)CNC2CCN(C3CC3)C2)c1. The first-order chi connectivity index (χ1) is 10.1. The number of hydrogen-bond acceptors (Lipinski definition) is 6. The van der Waals surface area contributed by atoms with E-state index in [1.54, 1.807) is 0 Å². The molecule has 1 aliphatic heterocycles. The molecule has 8 nitrogen and oxygen atoms in total. The van der Waals surface area contributed by atoms with Gasteiger partial charge in [-0.3, -0.25) is 19.7 Å². The number of nitrogens with zero attached hydrogens (tertiary/aromatic N) is 4. The van der Waals surface area contributed by atoms with Gasteiger partial charge in [-0.1, -0.05) is 0 Å². The Morgan fingerprint density at radius 2 is 2.33 bits per heavy atom. The van der Waals surface area contributed by atoms with E-state index in [9.17, 15) is 15.2 Å². The van der Waals surface area contributed by atoms with Crippen LogP contribution in [0.1, 0.15) is 19.3 Å².